The fourth-order valence-corrected chi connectivity index (χ4v) is 3.34. The molecule has 112 valence electrons. The highest BCUT2D eigenvalue weighted by molar-refractivity contribution is 5.92. The lowest BCUT2D eigenvalue weighted by Gasteiger charge is -2.19. The minimum absolute atomic E-state index is 0.660. The maximum atomic E-state index is 5.86. The Balaban J connectivity index is 1.77. The van der Waals surface area contributed by atoms with Crippen molar-refractivity contribution in [3.63, 3.8) is 0 Å². The van der Waals surface area contributed by atoms with Crippen LogP contribution in [0.25, 0.3) is 10.8 Å². The molecule has 21 heavy (non-hydrogen) atoms. The molecule has 2 atom stereocenters. The average Bonchev–Trinajstić information content (AvgIpc) is 2.99. The molecule has 0 aliphatic heterocycles. The molecule has 1 saturated carbocycles. The lowest BCUT2D eigenvalue weighted by molar-refractivity contribution is 0.414. The van der Waals surface area contributed by atoms with Gasteiger partial charge in [0.1, 0.15) is 11.6 Å². The number of pyridine rings is 1. The number of hydrogen-bond donors (Lipinski definition) is 2. The first kappa shape index (κ1) is 14.1. The van der Waals surface area contributed by atoms with Gasteiger partial charge in [-0.15, -0.1) is 0 Å². The highest BCUT2D eigenvalue weighted by Crippen LogP contribution is 2.32. The first-order valence-corrected chi connectivity index (χ1v) is 7.68. The third kappa shape index (κ3) is 2.95. The maximum Gasteiger partial charge on any atom is 0.133 e. The van der Waals surface area contributed by atoms with E-state index in [2.05, 4.69) is 16.4 Å². The van der Waals surface area contributed by atoms with Gasteiger partial charge in [-0.1, -0.05) is 6.42 Å². The minimum Gasteiger partial charge on any atom is -0.497 e. The van der Waals surface area contributed by atoms with E-state index in [0.717, 1.165) is 35.4 Å². The maximum absolute atomic E-state index is 5.86. The van der Waals surface area contributed by atoms with E-state index in [1.165, 1.54) is 19.3 Å². The van der Waals surface area contributed by atoms with Crippen LogP contribution in [0.3, 0.4) is 0 Å². The number of benzene rings is 1. The van der Waals surface area contributed by atoms with Gasteiger partial charge in [-0.3, -0.25) is 0 Å². The second kappa shape index (κ2) is 6.31. The zero-order valence-electron chi connectivity index (χ0n) is 12.5. The monoisotopic (exact) mass is 285 g/mol. The molecular formula is C17H23N3O. The van der Waals surface area contributed by atoms with E-state index in [9.17, 15) is 0 Å². The summed E-state index contributed by atoms with van der Waals surface area (Å²) in [6, 6.07) is 8.10. The average molecular weight is 285 g/mol. The van der Waals surface area contributed by atoms with Crippen molar-refractivity contribution in [1.29, 1.82) is 0 Å². The van der Waals surface area contributed by atoms with Crippen molar-refractivity contribution >= 4 is 16.6 Å². The fraction of sp³-hybridized carbons (Fsp3) is 0.471. The van der Waals surface area contributed by atoms with Crippen molar-refractivity contribution in [3.8, 4) is 5.75 Å². The van der Waals surface area contributed by atoms with Gasteiger partial charge in [0.05, 0.1) is 7.11 Å². The van der Waals surface area contributed by atoms with Crippen LogP contribution in [0.15, 0.2) is 30.5 Å². The molecule has 3 rings (SSSR count). The number of aromatic nitrogens is 1. The highest BCUT2D eigenvalue weighted by atomic mass is 16.5. The number of fused-ring (bicyclic) bond motifs is 1. The summed E-state index contributed by atoms with van der Waals surface area (Å²) >= 11 is 0. The lowest BCUT2D eigenvalue weighted by atomic mass is 9.96. The van der Waals surface area contributed by atoms with Crippen molar-refractivity contribution in [2.45, 2.75) is 19.3 Å². The largest absolute Gasteiger partial charge is 0.497 e. The molecule has 1 aromatic heterocycles. The van der Waals surface area contributed by atoms with E-state index >= 15 is 0 Å². The van der Waals surface area contributed by atoms with Crippen LogP contribution < -0.4 is 15.8 Å². The van der Waals surface area contributed by atoms with Crippen LogP contribution in [-0.2, 0) is 0 Å². The van der Waals surface area contributed by atoms with Crippen molar-refractivity contribution in [2.75, 3.05) is 25.5 Å². The Morgan fingerprint density at radius 1 is 1.29 bits per heavy atom. The van der Waals surface area contributed by atoms with Gasteiger partial charge in [0.25, 0.3) is 0 Å². The third-order valence-corrected chi connectivity index (χ3v) is 4.62. The smallest absolute Gasteiger partial charge is 0.133 e. The third-order valence-electron chi connectivity index (χ3n) is 4.62. The number of nitrogens with one attached hydrogen (secondary N) is 1. The van der Waals surface area contributed by atoms with Gasteiger partial charge in [-0.2, -0.15) is 0 Å². The van der Waals surface area contributed by atoms with Crippen LogP contribution in [0.1, 0.15) is 19.3 Å². The molecule has 2 aromatic rings. The lowest BCUT2D eigenvalue weighted by Crippen LogP contribution is -2.24. The molecule has 0 saturated heterocycles. The molecular weight excluding hydrogens is 262 g/mol. The Hall–Kier alpha value is -1.81. The minimum atomic E-state index is 0.660. The van der Waals surface area contributed by atoms with Gasteiger partial charge in [0, 0.05) is 18.1 Å². The molecule has 4 nitrogen and oxygen atoms in total. The van der Waals surface area contributed by atoms with Crippen LogP contribution in [-0.4, -0.2) is 25.2 Å². The highest BCUT2D eigenvalue weighted by Gasteiger charge is 2.25. The number of hydrogen-bond acceptors (Lipinski definition) is 4. The molecule has 2 unspecified atom stereocenters. The zero-order valence-corrected chi connectivity index (χ0v) is 12.5. The van der Waals surface area contributed by atoms with Crippen molar-refractivity contribution in [3.05, 3.63) is 30.5 Å². The molecule has 1 aliphatic rings. The second-order valence-electron chi connectivity index (χ2n) is 5.81. The Bertz CT molecular complexity index is 614. The van der Waals surface area contributed by atoms with Crippen LogP contribution in [0, 0.1) is 11.8 Å². The second-order valence-corrected chi connectivity index (χ2v) is 5.81. The fourth-order valence-electron chi connectivity index (χ4n) is 3.34. The van der Waals surface area contributed by atoms with Gasteiger partial charge >= 0.3 is 0 Å². The molecule has 0 spiro atoms. The first-order chi connectivity index (χ1) is 10.3. The first-order valence-electron chi connectivity index (χ1n) is 7.68. The molecule has 3 N–H and O–H groups in total. The summed E-state index contributed by atoms with van der Waals surface area (Å²) in [5, 5.41) is 5.81. The number of ether oxygens (including phenoxy) is 1. The van der Waals surface area contributed by atoms with Crippen molar-refractivity contribution in [2.24, 2.45) is 17.6 Å². The number of anilines is 1. The van der Waals surface area contributed by atoms with Crippen LogP contribution in [0.5, 0.6) is 5.75 Å². The quantitative estimate of drug-likeness (QED) is 0.886. The standard InChI is InChI=1S/C17H23N3O/c1-21-15-5-6-16-12(9-15)7-8-19-17(16)20-11-14-4-2-3-13(14)10-18/h5-9,13-14H,2-4,10-11,18H2,1H3,(H,19,20). The normalized spacial score (nSPS) is 21.6. The predicted octanol–water partition coefficient (Wildman–Crippen LogP) is 3.03. The number of methoxy groups -OCH3 is 1. The van der Waals surface area contributed by atoms with E-state index in [1.807, 2.05) is 24.4 Å². The Kier molecular flexibility index (Phi) is 4.25. The molecule has 0 amide bonds. The van der Waals surface area contributed by atoms with Gasteiger partial charge < -0.3 is 15.8 Å². The molecule has 1 aliphatic carbocycles. The Labute approximate surface area is 125 Å². The molecule has 0 radical (unpaired) electrons. The van der Waals surface area contributed by atoms with E-state index < -0.39 is 0 Å². The van der Waals surface area contributed by atoms with E-state index in [1.54, 1.807) is 7.11 Å². The Morgan fingerprint density at radius 2 is 2.14 bits per heavy atom. The molecule has 4 heteroatoms. The van der Waals surface area contributed by atoms with E-state index in [0.29, 0.717) is 11.8 Å². The van der Waals surface area contributed by atoms with Crippen molar-refractivity contribution in [1.82, 2.24) is 4.98 Å². The topological polar surface area (TPSA) is 60.2 Å². The number of nitrogens with two attached hydrogens (primary N) is 1. The summed E-state index contributed by atoms with van der Waals surface area (Å²) in [7, 11) is 1.69. The number of rotatable bonds is 5. The molecule has 0 bridgehead atoms. The van der Waals surface area contributed by atoms with E-state index in [4.69, 9.17) is 10.5 Å². The molecule has 1 heterocycles. The Morgan fingerprint density at radius 3 is 2.95 bits per heavy atom. The summed E-state index contributed by atoms with van der Waals surface area (Å²) in [4.78, 5) is 4.49. The van der Waals surface area contributed by atoms with Crippen LogP contribution >= 0.6 is 0 Å². The van der Waals surface area contributed by atoms with Gasteiger partial charge in [-0.05, 0) is 60.9 Å². The number of nitrogens with zero attached hydrogens (tertiary/aromatic N) is 1. The molecule has 1 aromatic carbocycles. The van der Waals surface area contributed by atoms with Gasteiger partial charge in [-0.25, -0.2) is 4.98 Å². The summed E-state index contributed by atoms with van der Waals surface area (Å²) in [6.45, 7) is 1.76. The van der Waals surface area contributed by atoms with E-state index in [-0.39, 0.29) is 0 Å². The van der Waals surface area contributed by atoms with Crippen LogP contribution in [0.2, 0.25) is 0 Å². The summed E-state index contributed by atoms with van der Waals surface area (Å²) in [6.07, 6.45) is 5.68. The SMILES string of the molecule is COc1ccc2c(NCC3CCCC3CN)nccc2c1. The van der Waals surface area contributed by atoms with Gasteiger partial charge in [0.2, 0.25) is 0 Å². The predicted molar refractivity (Wildman–Crippen MR) is 86.7 cm³/mol. The molecule has 1 fully saturated rings. The van der Waals surface area contributed by atoms with Crippen LogP contribution in [0.4, 0.5) is 5.82 Å². The van der Waals surface area contributed by atoms with Gasteiger partial charge in [0.15, 0.2) is 0 Å². The summed E-state index contributed by atoms with van der Waals surface area (Å²) in [5.74, 6) is 3.16. The van der Waals surface area contributed by atoms with Crippen molar-refractivity contribution < 1.29 is 4.74 Å². The summed E-state index contributed by atoms with van der Waals surface area (Å²) < 4.78 is 5.28. The zero-order chi connectivity index (χ0) is 14.7. The summed E-state index contributed by atoms with van der Waals surface area (Å²) in [5.41, 5.74) is 5.86.